The second kappa shape index (κ2) is 9.12. The van der Waals surface area contributed by atoms with Crippen LogP contribution in [0.3, 0.4) is 0 Å². The van der Waals surface area contributed by atoms with Crippen molar-refractivity contribution in [2.45, 2.75) is 49.8 Å². The normalized spacial score (nSPS) is 34.1. The number of alkyl halides is 1. The molecule has 2 aliphatic rings. The van der Waals surface area contributed by atoms with Gasteiger partial charge < -0.3 is 28.8 Å². The summed E-state index contributed by atoms with van der Waals surface area (Å²) in [5.74, 6) is -0.0879. The summed E-state index contributed by atoms with van der Waals surface area (Å²) in [6.45, 7) is 0.229. The fourth-order valence-corrected chi connectivity index (χ4v) is 3.23. The van der Waals surface area contributed by atoms with Gasteiger partial charge in [0.15, 0.2) is 18.7 Å². The number of halogens is 1. The number of hydrogen-bond donors (Lipinski definition) is 1. The second-order valence-corrected chi connectivity index (χ2v) is 6.57. The van der Waals surface area contributed by atoms with Crippen LogP contribution in [0.5, 0.6) is 0 Å². The van der Waals surface area contributed by atoms with E-state index in [0.29, 0.717) is 12.3 Å². The zero-order valence-electron chi connectivity index (χ0n) is 14.5. The molecule has 2 heterocycles. The third-order valence-corrected chi connectivity index (χ3v) is 4.66. The molecule has 0 amide bonds. The molecular weight excluding hydrogens is 364 g/mol. The fourth-order valence-electron chi connectivity index (χ4n) is 3.09. The third kappa shape index (κ3) is 4.36. The van der Waals surface area contributed by atoms with Gasteiger partial charge in [-0.2, -0.15) is 0 Å². The summed E-state index contributed by atoms with van der Waals surface area (Å²) in [6.07, 6.45) is -4.17. The van der Waals surface area contributed by atoms with Crippen molar-refractivity contribution in [2.75, 3.05) is 19.6 Å². The minimum atomic E-state index is -1.17. The van der Waals surface area contributed by atoms with Gasteiger partial charge in [-0.3, -0.25) is 4.79 Å². The number of hydrogen-bond acceptors (Lipinski definition) is 7. The summed E-state index contributed by atoms with van der Waals surface area (Å²) in [5, 5.41) is 10.5. The number of fused-ring (bicyclic) bond motifs is 1. The van der Waals surface area contributed by atoms with Crippen LogP contribution in [-0.2, 0) is 28.5 Å². The molecule has 6 atom stereocenters. The smallest absolute Gasteiger partial charge is 0.306 e. The number of benzene rings is 1. The highest BCUT2D eigenvalue weighted by atomic mass is 35.5. The number of rotatable bonds is 6. The summed E-state index contributed by atoms with van der Waals surface area (Å²) in [6, 6.07) is 9.41. The van der Waals surface area contributed by atoms with Crippen LogP contribution in [0.2, 0.25) is 0 Å². The van der Waals surface area contributed by atoms with Crippen molar-refractivity contribution in [3.05, 3.63) is 35.9 Å². The van der Waals surface area contributed by atoms with Gasteiger partial charge in [-0.1, -0.05) is 30.3 Å². The van der Waals surface area contributed by atoms with Crippen LogP contribution in [0.25, 0.3) is 0 Å². The monoisotopic (exact) mass is 386 g/mol. The fraction of sp³-hybridized carbons (Fsp3) is 0.611. The molecule has 1 unspecified atom stereocenters. The van der Waals surface area contributed by atoms with Crippen molar-refractivity contribution >= 4 is 17.6 Å². The van der Waals surface area contributed by atoms with E-state index in [-0.39, 0.29) is 13.0 Å². The van der Waals surface area contributed by atoms with Crippen LogP contribution >= 0.6 is 11.6 Å². The standard InChI is InChI=1S/C18H23ClO7/c1-22-18-14(21)16(25-13(20)8-5-9-19)15-12(24-18)10-23-17(26-15)11-6-3-2-4-7-11/h2-4,6-7,12,14-18,21H,5,8-10H2,1H3/t12-,14-,15-,16-,17?,18+/m1/s1. The van der Waals surface area contributed by atoms with E-state index in [9.17, 15) is 9.90 Å². The van der Waals surface area contributed by atoms with Gasteiger partial charge in [0.2, 0.25) is 0 Å². The van der Waals surface area contributed by atoms with Crippen LogP contribution in [0.1, 0.15) is 24.7 Å². The first-order chi connectivity index (χ1) is 12.6. The molecule has 144 valence electrons. The van der Waals surface area contributed by atoms with Crippen molar-refractivity contribution in [2.24, 2.45) is 0 Å². The predicted octanol–water partition coefficient (Wildman–Crippen LogP) is 1.76. The van der Waals surface area contributed by atoms with E-state index in [1.54, 1.807) is 0 Å². The molecule has 0 saturated carbocycles. The molecule has 0 aliphatic carbocycles. The topological polar surface area (TPSA) is 83.5 Å². The number of aliphatic hydroxyl groups excluding tert-OH is 1. The number of ether oxygens (including phenoxy) is 5. The van der Waals surface area contributed by atoms with Gasteiger partial charge in [0.05, 0.1) is 6.61 Å². The Morgan fingerprint density at radius 1 is 1.31 bits per heavy atom. The van der Waals surface area contributed by atoms with Gasteiger partial charge >= 0.3 is 5.97 Å². The number of carbonyl (C=O) groups excluding carboxylic acids is 1. The number of aliphatic hydroxyl groups is 1. The zero-order valence-corrected chi connectivity index (χ0v) is 15.2. The summed E-state index contributed by atoms with van der Waals surface area (Å²) >= 11 is 5.62. The first-order valence-corrected chi connectivity index (χ1v) is 9.11. The maximum atomic E-state index is 12.1. The van der Waals surface area contributed by atoms with E-state index in [0.717, 1.165) is 5.56 Å². The van der Waals surface area contributed by atoms with E-state index >= 15 is 0 Å². The Labute approximate surface area is 157 Å². The summed E-state index contributed by atoms with van der Waals surface area (Å²) < 4.78 is 28.1. The van der Waals surface area contributed by atoms with Crippen molar-refractivity contribution in [3.63, 3.8) is 0 Å². The molecular formula is C18H23ClO7. The van der Waals surface area contributed by atoms with E-state index in [1.165, 1.54) is 7.11 Å². The zero-order chi connectivity index (χ0) is 18.5. The van der Waals surface area contributed by atoms with E-state index in [1.807, 2.05) is 30.3 Å². The molecule has 0 spiro atoms. The molecule has 26 heavy (non-hydrogen) atoms. The van der Waals surface area contributed by atoms with Gasteiger partial charge in [-0.05, 0) is 6.42 Å². The molecule has 3 rings (SSSR count). The molecule has 2 saturated heterocycles. The molecule has 0 aromatic heterocycles. The van der Waals surface area contributed by atoms with Crippen LogP contribution in [0.4, 0.5) is 0 Å². The van der Waals surface area contributed by atoms with Gasteiger partial charge in [-0.15, -0.1) is 11.6 Å². The summed E-state index contributed by atoms with van der Waals surface area (Å²) in [5.41, 5.74) is 0.835. The Morgan fingerprint density at radius 2 is 2.08 bits per heavy atom. The lowest BCUT2D eigenvalue weighted by atomic mass is 9.97. The number of carbonyl (C=O) groups is 1. The Morgan fingerprint density at radius 3 is 2.77 bits per heavy atom. The SMILES string of the molecule is CO[C@H]1O[C@@H]2COC(c3ccccc3)O[C@H]2[C@H](OC(=O)CCCCl)[C@H]1O. The van der Waals surface area contributed by atoms with Gasteiger partial charge in [0.1, 0.15) is 18.3 Å². The molecule has 0 bridgehead atoms. The van der Waals surface area contributed by atoms with Crippen molar-refractivity contribution in [1.29, 1.82) is 0 Å². The predicted molar refractivity (Wildman–Crippen MR) is 91.5 cm³/mol. The average Bonchev–Trinajstić information content (AvgIpc) is 2.68. The number of methoxy groups -OCH3 is 1. The van der Waals surface area contributed by atoms with Gasteiger partial charge in [0.25, 0.3) is 0 Å². The molecule has 1 aromatic rings. The van der Waals surface area contributed by atoms with Crippen LogP contribution < -0.4 is 0 Å². The second-order valence-electron chi connectivity index (χ2n) is 6.19. The first-order valence-electron chi connectivity index (χ1n) is 8.58. The van der Waals surface area contributed by atoms with Gasteiger partial charge in [0, 0.05) is 25.0 Å². The van der Waals surface area contributed by atoms with Gasteiger partial charge in [-0.25, -0.2) is 0 Å². The highest BCUT2D eigenvalue weighted by Crippen LogP contribution is 2.35. The Kier molecular flexibility index (Phi) is 6.86. The van der Waals surface area contributed by atoms with Crippen LogP contribution in [0.15, 0.2) is 30.3 Å². The molecule has 2 aliphatic heterocycles. The Bertz CT molecular complexity index is 584. The van der Waals surface area contributed by atoms with E-state index in [4.69, 9.17) is 35.3 Å². The summed E-state index contributed by atoms with van der Waals surface area (Å²) in [7, 11) is 1.41. The number of esters is 1. The molecule has 1 aromatic carbocycles. The molecule has 1 N–H and O–H groups in total. The molecule has 8 heteroatoms. The lowest BCUT2D eigenvalue weighted by Gasteiger charge is -2.47. The molecule has 0 radical (unpaired) electrons. The van der Waals surface area contributed by atoms with Crippen LogP contribution in [-0.4, -0.2) is 61.4 Å². The molecule has 7 nitrogen and oxygen atoms in total. The average molecular weight is 387 g/mol. The van der Waals surface area contributed by atoms with Crippen molar-refractivity contribution < 1.29 is 33.6 Å². The van der Waals surface area contributed by atoms with Crippen LogP contribution in [0, 0.1) is 0 Å². The minimum Gasteiger partial charge on any atom is -0.456 e. The lowest BCUT2D eigenvalue weighted by molar-refractivity contribution is -0.358. The molecule has 2 fully saturated rings. The Balaban J connectivity index is 1.75. The van der Waals surface area contributed by atoms with Crippen molar-refractivity contribution in [1.82, 2.24) is 0 Å². The maximum absolute atomic E-state index is 12.1. The largest absolute Gasteiger partial charge is 0.456 e. The third-order valence-electron chi connectivity index (χ3n) is 4.39. The van der Waals surface area contributed by atoms with E-state index < -0.39 is 43.0 Å². The first kappa shape index (κ1) is 19.5. The highest BCUT2D eigenvalue weighted by Gasteiger charge is 2.51. The maximum Gasteiger partial charge on any atom is 0.306 e. The van der Waals surface area contributed by atoms with E-state index in [2.05, 4.69) is 0 Å². The highest BCUT2D eigenvalue weighted by molar-refractivity contribution is 6.17. The lowest BCUT2D eigenvalue weighted by Crippen LogP contribution is -2.63. The summed E-state index contributed by atoms with van der Waals surface area (Å²) in [4.78, 5) is 12.1. The quantitative estimate of drug-likeness (QED) is 0.589. The van der Waals surface area contributed by atoms with Crippen molar-refractivity contribution in [3.8, 4) is 0 Å². The minimum absolute atomic E-state index is 0.168. The Hall–Kier alpha value is -1.22.